The van der Waals surface area contributed by atoms with Crippen LogP contribution in [0, 0.1) is 29.6 Å². The number of aliphatic hydroxyl groups excluding tert-OH is 1. The third-order valence-electron chi connectivity index (χ3n) is 11.2. The lowest BCUT2D eigenvalue weighted by atomic mass is 9.88. The van der Waals surface area contributed by atoms with Gasteiger partial charge in [-0.1, -0.05) is 69.3 Å². The Morgan fingerprint density at radius 1 is 0.723 bits per heavy atom. The Labute approximate surface area is 380 Å². The van der Waals surface area contributed by atoms with Crippen molar-refractivity contribution in [2.75, 3.05) is 20.1 Å². The van der Waals surface area contributed by atoms with Crippen LogP contribution in [0.1, 0.15) is 83.8 Å². The molecule has 18 nitrogen and oxygen atoms in total. The molecule has 0 saturated heterocycles. The summed E-state index contributed by atoms with van der Waals surface area (Å²) in [7, 11) is 1.52. The minimum Gasteiger partial charge on any atom is -0.391 e. The number of ketones is 3. The summed E-state index contributed by atoms with van der Waals surface area (Å²) < 4.78 is 0. The maximum Gasteiger partial charge on any atom is 0.224 e. The lowest BCUT2D eigenvalue weighted by Crippen LogP contribution is -2.50. The summed E-state index contributed by atoms with van der Waals surface area (Å²) in [4.78, 5) is 113. The number of aromatic nitrogens is 1. The van der Waals surface area contributed by atoms with E-state index in [4.69, 9.17) is 17.2 Å². The van der Waals surface area contributed by atoms with Crippen LogP contribution in [0.5, 0.6) is 0 Å². The van der Waals surface area contributed by atoms with Crippen molar-refractivity contribution >= 4 is 63.7 Å². The Morgan fingerprint density at radius 3 is 2.02 bits per heavy atom. The highest BCUT2D eigenvalue weighted by atomic mass is 16.3. The van der Waals surface area contributed by atoms with Crippen molar-refractivity contribution in [3.8, 4) is 0 Å². The molecule has 0 unspecified atom stereocenters. The Balaban J connectivity index is 1.76. The molecule has 7 atom stereocenters. The molecule has 0 bridgehead atoms. The molecule has 1 heterocycles. The van der Waals surface area contributed by atoms with Gasteiger partial charge in [0.2, 0.25) is 29.5 Å². The van der Waals surface area contributed by atoms with Crippen molar-refractivity contribution in [3.05, 3.63) is 71.9 Å². The van der Waals surface area contributed by atoms with E-state index in [9.17, 15) is 43.5 Å². The van der Waals surface area contributed by atoms with E-state index in [2.05, 4.69) is 31.2 Å². The van der Waals surface area contributed by atoms with Crippen LogP contribution in [0.4, 0.5) is 0 Å². The van der Waals surface area contributed by atoms with Crippen molar-refractivity contribution in [1.29, 1.82) is 0 Å². The number of guanidine groups is 1. The zero-order valence-corrected chi connectivity index (χ0v) is 38.1. The number of aliphatic hydroxyl groups is 1. The normalized spacial score (nSPS) is 14.8. The number of nitrogens with two attached hydrogens (primary N) is 3. The number of rotatable bonds is 29. The molecule has 0 fully saturated rings. The van der Waals surface area contributed by atoms with Gasteiger partial charge in [-0.3, -0.25) is 43.3 Å². The quantitative estimate of drug-likeness (QED) is 0.0273. The van der Waals surface area contributed by atoms with E-state index in [0.29, 0.717) is 13.0 Å². The second-order valence-corrected chi connectivity index (χ2v) is 17.2. The second-order valence-electron chi connectivity index (χ2n) is 17.2. The summed E-state index contributed by atoms with van der Waals surface area (Å²) in [5.41, 5.74) is 19.2. The highest BCUT2D eigenvalue weighted by Gasteiger charge is 2.33. The molecule has 0 saturated carbocycles. The van der Waals surface area contributed by atoms with Gasteiger partial charge in [0.25, 0.3) is 0 Å². The van der Waals surface area contributed by atoms with Gasteiger partial charge in [-0.15, -0.1) is 0 Å². The average molecular weight is 902 g/mol. The number of benzene rings is 2. The number of nitrogens with one attached hydrogen (secondary N) is 5. The molecule has 18 heteroatoms. The molecular formula is C47H67N9O9. The molecular weight excluding hydrogens is 835 g/mol. The molecule has 0 spiro atoms. The first-order valence-electron chi connectivity index (χ1n) is 22.1. The fourth-order valence-electron chi connectivity index (χ4n) is 7.64. The molecule has 65 heavy (non-hydrogen) atoms. The summed E-state index contributed by atoms with van der Waals surface area (Å²) in [6.07, 6.45) is 0.376. The number of Topliss-reactive ketones (excluding diaryl/α,β-unsaturated/α-hetero) is 3. The number of nitrogens with zero attached hydrogens (tertiary/aromatic N) is 1. The van der Waals surface area contributed by atoms with Gasteiger partial charge in [-0.2, -0.15) is 0 Å². The number of aliphatic imine (C=N–C) groups is 1. The first kappa shape index (κ1) is 52.9. The number of para-hydroxylation sites is 1. The molecule has 0 aliphatic rings. The topological polar surface area (TPSA) is 311 Å². The zero-order valence-electron chi connectivity index (χ0n) is 38.1. The first-order chi connectivity index (χ1) is 30.8. The van der Waals surface area contributed by atoms with E-state index in [1.54, 1.807) is 36.5 Å². The van der Waals surface area contributed by atoms with E-state index in [1.165, 1.54) is 20.9 Å². The second kappa shape index (κ2) is 26.4. The maximum absolute atomic E-state index is 14.0. The molecule has 1 aromatic heterocycles. The Kier molecular flexibility index (Phi) is 21.5. The first-order valence-corrected chi connectivity index (χ1v) is 22.1. The van der Waals surface area contributed by atoms with Crippen LogP contribution in [0.3, 0.4) is 0 Å². The Bertz CT molecular complexity index is 2140. The third-order valence-corrected chi connectivity index (χ3v) is 11.2. The van der Waals surface area contributed by atoms with Crippen molar-refractivity contribution in [3.63, 3.8) is 0 Å². The van der Waals surface area contributed by atoms with Gasteiger partial charge in [-0.05, 0) is 62.1 Å². The van der Waals surface area contributed by atoms with Crippen molar-refractivity contribution in [2.24, 2.45) is 51.8 Å². The minimum atomic E-state index is -1.39. The number of aromatic amines is 1. The highest BCUT2D eigenvalue weighted by molar-refractivity contribution is 5.97. The van der Waals surface area contributed by atoms with Gasteiger partial charge in [0.05, 0.1) is 18.7 Å². The number of hydrogen-bond donors (Lipinski definition) is 9. The van der Waals surface area contributed by atoms with Crippen LogP contribution in [0.25, 0.3) is 10.9 Å². The summed E-state index contributed by atoms with van der Waals surface area (Å²) in [6, 6.07) is 14.0. The molecule has 2 aromatic carbocycles. The Morgan fingerprint density at radius 2 is 1.38 bits per heavy atom. The van der Waals surface area contributed by atoms with Gasteiger partial charge in [0.15, 0.2) is 23.3 Å². The number of carbonyl (C=O) groups is 8. The van der Waals surface area contributed by atoms with Crippen molar-refractivity contribution < 1.29 is 43.5 Å². The van der Waals surface area contributed by atoms with E-state index in [0.717, 1.165) is 22.0 Å². The molecule has 3 aromatic rings. The number of H-pyrrole nitrogens is 1. The predicted octanol–water partition coefficient (Wildman–Crippen LogP) is 1.50. The Hall–Kier alpha value is -6.43. The summed E-state index contributed by atoms with van der Waals surface area (Å²) in [5.74, 6) is -8.24. The number of hydrogen-bond acceptors (Lipinski definition) is 10. The van der Waals surface area contributed by atoms with Gasteiger partial charge >= 0.3 is 0 Å². The minimum absolute atomic E-state index is 0.0411. The maximum atomic E-state index is 14.0. The highest BCUT2D eigenvalue weighted by Crippen LogP contribution is 2.24. The molecule has 0 aliphatic heterocycles. The fourth-order valence-corrected chi connectivity index (χ4v) is 7.64. The SMILES string of the molecule is CN=C(N)NCCC[C@H](NC(=O)[C@@H](CC(=O)CNC(=O)[C@@H](CC(=O)[C@@H](NC(=O)[C@@H](C)CC(N)=O)[C@@H](C)O)Cc1ccccc1)CC(C)C)C(=O)C[C@@H](Cc1c[nH]c2ccccc12)C(N)=O. The van der Waals surface area contributed by atoms with Gasteiger partial charge < -0.3 is 48.6 Å². The lowest BCUT2D eigenvalue weighted by Gasteiger charge is -2.25. The smallest absolute Gasteiger partial charge is 0.224 e. The van der Waals surface area contributed by atoms with Crippen LogP contribution >= 0.6 is 0 Å². The molecule has 5 amide bonds. The van der Waals surface area contributed by atoms with Crippen LogP contribution < -0.4 is 38.5 Å². The molecule has 0 aliphatic carbocycles. The summed E-state index contributed by atoms with van der Waals surface area (Å²) in [6.45, 7) is 6.41. The third kappa shape index (κ3) is 17.9. The molecule has 3 rings (SSSR count). The fraction of sp³-hybridized carbons (Fsp3) is 0.511. The van der Waals surface area contributed by atoms with E-state index < -0.39 is 102 Å². The van der Waals surface area contributed by atoms with Crippen molar-refractivity contribution in [1.82, 2.24) is 26.3 Å². The van der Waals surface area contributed by atoms with Crippen LogP contribution in [0.15, 0.2) is 65.8 Å². The monoisotopic (exact) mass is 902 g/mol. The van der Waals surface area contributed by atoms with E-state index in [-0.39, 0.29) is 56.8 Å². The number of carbonyl (C=O) groups excluding carboxylic acids is 8. The largest absolute Gasteiger partial charge is 0.391 e. The molecule has 0 radical (unpaired) electrons. The molecule has 354 valence electrons. The van der Waals surface area contributed by atoms with Crippen LogP contribution in [0.2, 0.25) is 0 Å². The predicted molar refractivity (Wildman–Crippen MR) is 246 cm³/mol. The number of fused-ring (bicyclic) bond motifs is 1. The standard InChI is InChI=1S/C47H67N9O9/c1-27(2)18-32(46(65)55-38(16-11-17-52-47(50)51-5)39(59)23-31(43(49)62)21-34-25-53-37-15-10-9-14-36(34)37)22-35(58)26-54-45(64)33(20-30-12-7-6-8-13-30)24-40(60)42(29(4)57)56-44(63)28(3)19-41(48)61/h6-10,12-15,25,27-29,31-33,38,42,53,57H,11,16-24,26H2,1-5H3,(H2,48,61)(H2,49,62)(H,54,64)(H,55,65)(H,56,63)(H3,50,51,52)/t28-,29+,31+,32+,33+,38-,42-/m0/s1. The van der Waals surface area contributed by atoms with E-state index in [1.807, 2.05) is 38.1 Å². The summed E-state index contributed by atoms with van der Waals surface area (Å²) in [5, 5.41) is 22.2. The van der Waals surface area contributed by atoms with Gasteiger partial charge in [0.1, 0.15) is 6.04 Å². The zero-order chi connectivity index (χ0) is 48.2. The van der Waals surface area contributed by atoms with E-state index >= 15 is 0 Å². The molecule has 12 N–H and O–H groups in total. The van der Waals surface area contributed by atoms with Crippen LogP contribution in [-0.4, -0.2) is 101 Å². The average Bonchev–Trinajstić information content (AvgIpc) is 3.66. The number of primary amides is 2. The lowest BCUT2D eigenvalue weighted by molar-refractivity contribution is -0.136. The summed E-state index contributed by atoms with van der Waals surface area (Å²) >= 11 is 0. The van der Waals surface area contributed by atoms with Crippen LogP contribution in [-0.2, 0) is 51.2 Å². The van der Waals surface area contributed by atoms with Gasteiger partial charge in [0, 0.05) is 80.0 Å². The van der Waals surface area contributed by atoms with Gasteiger partial charge in [-0.25, -0.2) is 0 Å². The van der Waals surface area contributed by atoms with Crippen molar-refractivity contribution in [2.45, 2.75) is 104 Å². The number of amides is 5.